The molecule has 0 fully saturated rings. The first kappa shape index (κ1) is 23.6. The van der Waals surface area contributed by atoms with Crippen molar-refractivity contribution in [3.05, 3.63) is 134 Å². The van der Waals surface area contributed by atoms with Gasteiger partial charge in [-0.05, 0) is 30.7 Å². The summed E-state index contributed by atoms with van der Waals surface area (Å²) in [4.78, 5) is 29.1. The van der Waals surface area contributed by atoms with Gasteiger partial charge in [0.2, 0.25) is 0 Å². The van der Waals surface area contributed by atoms with Gasteiger partial charge in [-0.25, -0.2) is 4.98 Å². The van der Waals surface area contributed by atoms with E-state index in [0.29, 0.717) is 33.6 Å². The van der Waals surface area contributed by atoms with E-state index in [1.807, 2.05) is 67.6 Å². The normalized spacial score (nSPS) is 11.2. The number of aromatic nitrogens is 2. The fourth-order valence-electron chi connectivity index (χ4n) is 3.97. The lowest BCUT2D eigenvalue weighted by molar-refractivity contribution is -0.384. The maximum atomic E-state index is 13.4. The second-order valence-corrected chi connectivity index (χ2v) is 8.44. The lowest BCUT2D eigenvalue weighted by Gasteiger charge is -2.11. The first-order valence-corrected chi connectivity index (χ1v) is 11.6. The van der Waals surface area contributed by atoms with Gasteiger partial charge in [-0.15, -0.1) is 0 Å². The number of benzene rings is 4. The molecule has 182 valence electrons. The highest BCUT2D eigenvalue weighted by atomic mass is 16.6. The number of nitro benzene ring substituents is 1. The van der Waals surface area contributed by atoms with Crippen molar-refractivity contribution in [2.45, 2.75) is 13.5 Å². The molecule has 5 aromatic rings. The fraction of sp³-hybridized carbons (Fsp3) is 0.0690. The number of hydrogen-bond donors (Lipinski definition) is 0. The zero-order valence-electron chi connectivity index (χ0n) is 19.9. The van der Waals surface area contributed by atoms with Crippen LogP contribution in [0.5, 0.6) is 5.75 Å². The van der Waals surface area contributed by atoms with E-state index >= 15 is 0 Å². The highest BCUT2D eigenvalue weighted by Gasteiger charge is 2.14. The van der Waals surface area contributed by atoms with E-state index in [9.17, 15) is 14.9 Å². The molecule has 0 aliphatic carbocycles. The number of nitrogens with zero attached hydrogens (tertiary/aromatic N) is 4. The van der Waals surface area contributed by atoms with Gasteiger partial charge < -0.3 is 4.74 Å². The lowest BCUT2D eigenvalue weighted by Crippen LogP contribution is -2.20. The van der Waals surface area contributed by atoms with Gasteiger partial charge in [0.1, 0.15) is 12.4 Å². The summed E-state index contributed by atoms with van der Waals surface area (Å²) in [6.45, 7) is 2.26. The summed E-state index contributed by atoms with van der Waals surface area (Å²) in [6.07, 6.45) is 1.39. The van der Waals surface area contributed by atoms with Gasteiger partial charge in [0.25, 0.3) is 11.2 Å². The molecule has 0 aliphatic heterocycles. The van der Waals surface area contributed by atoms with E-state index < -0.39 is 4.92 Å². The minimum Gasteiger partial charge on any atom is -0.488 e. The molecule has 0 saturated carbocycles. The van der Waals surface area contributed by atoms with E-state index in [4.69, 9.17) is 4.74 Å². The SMILES string of the molecule is Cc1cccc(COc2ccc([N+](=O)[O-])cc2C=Nn2c(-c3ccccc3)nc3ccccc3c2=O)c1. The largest absolute Gasteiger partial charge is 0.488 e. The smallest absolute Gasteiger partial charge is 0.282 e. The standard InChI is InChI=1S/C29H22N4O4/c1-20-8-7-9-21(16-20)19-37-27-15-14-24(33(35)36)17-23(27)18-30-32-28(22-10-3-2-4-11-22)31-26-13-6-5-12-25(26)29(32)34/h2-18H,19H2,1H3. The summed E-state index contributed by atoms with van der Waals surface area (Å²) >= 11 is 0. The first-order valence-electron chi connectivity index (χ1n) is 11.6. The number of nitro groups is 1. The zero-order chi connectivity index (χ0) is 25.8. The Morgan fingerprint density at radius 3 is 2.54 bits per heavy atom. The van der Waals surface area contributed by atoms with Crippen molar-refractivity contribution < 1.29 is 9.66 Å². The monoisotopic (exact) mass is 490 g/mol. The number of rotatable bonds is 7. The van der Waals surface area contributed by atoms with Crippen molar-refractivity contribution in [1.29, 1.82) is 0 Å². The summed E-state index contributed by atoms with van der Waals surface area (Å²) in [7, 11) is 0. The van der Waals surface area contributed by atoms with Gasteiger partial charge in [0.05, 0.1) is 22.0 Å². The van der Waals surface area contributed by atoms with E-state index in [-0.39, 0.29) is 17.9 Å². The molecule has 1 aromatic heterocycles. The van der Waals surface area contributed by atoms with Crippen LogP contribution in [0.15, 0.2) is 107 Å². The molecule has 0 bridgehead atoms. The molecule has 8 heteroatoms. The van der Waals surface area contributed by atoms with Gasteiger partial charge in [-0.2, -0.15) is 9.78 Å². The third kappa shape index (κ3) is 5.13. The lowest BCUT2D eigenvalue weighted by atomic mass is 10.1. The fourth-order valence-corrected chi connectivity index (χ4v) is 3.97. The van der Waals surface area contributed by atoms with Crippen LogP contribution in [0.1, 0.15) is 16.7 Å². The number of fused-ring (bicyclic) bond motifs is 1. The predicted octanol–water partition coefficient (Wildman–Crippen LogP) is 5.74. The molecular formula is C29H22N4O4. The van der Waals surface area contributed by atoms with Crippen LogP contribution < -0.4 is 10.3 Å². The van der Waals surface area contributed by atoms with Gasteiger partial charge in [0, 0.05) is 23.3 Å². The molecule has 0 atom stereocenters. The van der Waals surface area contributed by atoms with E-state index in [0.717, 1.165) is 11.1 Å². The average Bonchev–Trinajstić information content (AvgIpc) is 2.92. The van der Waals surface area contributed by atoms with Gasteiger partial charge >= 0.3 is 0 Å². The Labute approximate surface area is 212 Å². The second-order valence-electron chi connectivity index (χ2n) is 8.44. The summed E-state index contributed by atoms with van der Waals surface area (Å²) in [5.41, 5.74) is 3.21. The molecule has 37 heavy (non-hydrogen) atoms. The van der Waals surface area contributed by atoms with Gasteiger partial charge in [0.15, 0.2) is 5.82 Å². The third-order valence-corrected chi connectivity index (χ3v) is 5.78. The van der Waals surface area contributed by atoms with Crippen molar-refractivity contribution in [2.75, 3.05) is 0 Å². The predicted molar refractivity (Wildman–Crippen MR) is 143 cm³/mol. The van der Waals surface area contributed by atoms with Crippen LogP contribution in [0.25, 0.3) is 22.3 Å². The van der Waals surface area contributed by atoms with Crippen LogP contribution in [0.2, 0.25) is 0 Å². The molecule has 0 radical (unpaired) electrons. The molecule has 0 amide bonds. The van der Waals surface area contributed by atoms with E-state index in [1.54, 1.807) is 18.2 Å². The van der Waals surface area contributed by atoms with Crippen molar-refractivity contribution in [2.24, 2.45) is 5.10 Å². The Morgan fingerprint density at radius 2 is 1.76 bits per heavy atom. The Morgan fingerprint density at radius 1 is 0.973 bits per heavy atom. The molecule has 0 unspecified atom stereocenters. The van der Waals surface area contributed by atoms with Gasteiger partial charge in [-0.1, -0.05) is 72.3 Å². The molecule has 1 heterocycles. The molecule has 0 spiro atoms. The molecule has 5 rings (SSSR count). The van der Waals surface area contributed by atoms with E-state index in [1.165, 1.54) is 29.1 Å². The molecule has 0 aliphatic rings. The maximum Gasteiger partial charge on any atom is 0.282 e. The molecular weight excluding hydrogens is 468 g/mol. The Hall–Kier alpha value is -5.11. The highest BCUT2D eigenvalue weighted by molar-refractivity contribution is 5.85. The van der Waals surface area contributed by atoms with Crippen molar-refractivity contribution >= 4 is 22.8 Å². The van der Waals surface area contributed by atoms with Crippen molar-refractivity contribution in [1.82, 2.24) is 9.66 Å². The van der Waals surface area contributed by atoms with Crippen molar-refractivity contribution in [3.63, 3.8) is 0 Å². The summed E-state index contributed by atoms with van der Waals surface area (Å²) < 4.78 is 7.21. The summed E-state index contributed by atoms with van der Waals surface area (Å²) in [6, 6.07) is 28.5. The molecule has 0 N–H and O–H groups in total. The average molecular weight is 491 g/mol. The molecule has 0 saturated heterocycles. The Kier molecular flexibility index (Phi) is 6.54. The number of non-ortho nitro benzene ring substituents is 1. The second kappa shape index (κ2) is 10.2. The van der Waals surface area contributed by atoms with Crippen LogP contribution in [-0.4, -0.2) is 20.8 Å². The Balaban J connectivity index is 1.60. The molecule has 8 nitrogen and oxygen atoms in total. The molecule has 4 aromatic carbocycles. The van der Waals surface area contributed by atoms with Crippen LogP contribution in [0.4, 0.5) is 5.69 Å². The first-order chi connectivity index (χ1) is 18.0. The minimum atomic E-state index is -0.485. The summed E-state index contributed by atoms with van der Waals surface area (Å²) in [5, 5.41) is 16.3. The maximum absolute atomic E-state index is 13.4. The van der Waals surface area contributed by atoms with E-state index in [2.05, 4.69) is 10.1 Å². The zero-order valence-corrected chi connectivity index (χ0v) is 19.9. The van der Waals surface area contributed by atoms with Crippen LogP contribution in [0.3, 0.4) is 0 Å². The number of hydrogen-bond acceptors (Lipinski definition) is 6. The summed E-state index contributed by atoms with van der Waals surface area (Å²) in [5.74, 6) is 0.757. The number of aryl methyl sites for hydroxylation is 1. The minimum absolute atomic E-state index is 0.114. The number of ether oxygens (including phenoxy) is 1. The van der Waals surface area contributed by atoms with Crippen LogP contribution in [-0.2, 0) is 6.61 Å². The Bertz CT molecular complexity index is 1690. The quantitative estimate of drug-likeness (QED) is 0.165. The van der Waals surface area contributed by atoms with Crippen molar-refractivity contribution in [3.8, 4) is 17.1 Å². The topological polar surface area (TPSA) is 99.6 Å². The van der Waals surface area contributed by atoms with Crippen LogP contribution in [0, 0.1) is 17.0 Å². The highest BCUT2D eigenvalue weighted by Crippen LogP contribution is 2.25. The number of para-hydroxylation sites is 1. The van der Waals surface area contributed by atoms with Crippen LogP contribution >= 0.6 is 0 Å². The third-order valence-electron chi connectivity index (χ3n) is 5.78. The van der Waals surface area contributed by atoms with Gasteiger partial charge in [-0.3, -0.25) is 14.9 Å².